The normalized spacial score (nSPS) is 20.0. The summed E-state index contributed by atoms with van der Waals surface area (Å²) in [6, 6.07) is 5.08. The maximum absolute atomic E-state index is 12.2. The summed E-state index contributed by atoms with van der Waals surface area (Å²) in [6.45, 7) is 0.657. The minimum Gasteiger partial charge on any atom is -0.497 e. The summed E-state index contributed by atoms with van der Waals surface area (Å²) in [5.41, 5.74) is 0.513. The summed E-state index contributed by atoms with van der Waals surface area (Å²) in [5.74, 6) is 0.619. The monoisotopic (exact) mass is 254 g/mol. The van der Waals surface area contributed by atoms with E-state index in [0.717, 1.165) is 19.3 Å². The van der Waals surface area contributed by atoms with Gasteiger partial charge in [0.05, 0.1) is 12.1 Å². The topological polar surface area (TPSA) is 35.5 Å². The fourth-order valence-corrected chi connectivity index (χ4v) is 2.21. The van der Waals surface area contributed by atoms with Gasteiger partial charge >= 0.3 is 0 Å². The predicted octanol–water partition coefficient (Wildman–Crippen LogP) is 3.10. The van der Waals surface area contributed by atoms with E-state index in [9.17, 15) is 4.79 Å². The molecule has 1 atom stereocenters. The van der Waals surface area contributed by atoms with Crippen LogP contribution < -0.4 is 4.74 Å². The maximum atomic E-state index is 12.2. The van der Waals surface area contributed by atoms with Crippen LogP contribution in [0.1, 0.15) is 29.6 Å². The fourth-order valence-electron chi connectivity index (χ4n) is 1.94. The van der Waals surface area contributed by atoms with E-state index in [1.165, 1.54) is 0 Å². The van der Waals surface area contributed by atoms with Gasteiger partial charge in [0.1, 0.15) is 11.9 Å². The molecule has 1 fully saturated rings. The summed E-state index contributed by atoms with van der Waals surface area (Å²) in [7, 11) is 1.57. The van der Waals surface area contributed by atoms with E-state index < -0.39 is 0 Å². The predicted molar refractivity (Wildman–Crippen MR) is 65.9 cm³/mol. The van der Waals surface area contributed by atoms with Gasteiger partial charge in [-0.25, -0.2) is 0 Å². The zero-order valence-corrected chi connectivity index (χ0v) is 10.5. The molecule has 1 saturated heterocycles. The maximum Gasteiger partial charge on any atom is 0.193 e. The highest BCUT2D eigenvalue weighted by molar-refractivity contribution is 6.34. The van der Waals surface area contributed by atoms with Crippen molar-refractivity contribution in [3.05, 3.63) is 28.8 Å². The van der Waals surface area contributed by atoms with Crippen molar-refractivity contribution in [3.63, 3.8) is 0 Å². The molecule has 1 unspecified atom stereocenters. The third-order valence-electron chi connectivity index (χ3n) is 2.91. The van der Waals surface area contributed by atoms with Crippen molar-refractivity contribution in [2.75, 3.05) is 13.7 Å². The third kappa shape index (κ3) is 2.79. The number of benzene rings is 1. The van der Waals surface area contributed by atoms with E-state index in [1.54, 1.807) is 25.3 Å². The number of carbonyl (C=O) groups excluding carboxylic acids is 1. The molecule has 1 aromatic rings. The summed E-state index contributed by atoms with van der Waals surface area (Å²) < 4.78 is 10.5. The Labute approximate surface area is 106 Å². The Kier molecular flexibility index (Phi) is 4.02. The van der Waals surface area contributed by atoms with E-state index in [4.69, 9.17) is 21.1 Å². The van der Waals surface area contributed by atoms with Crippen LogP contribution in [0.4, 0.5) is 0 Å². The smallest absolute Gasteiger partial charge is 0.193 e. The van der Waals surface area contributed by atoms with E-state index in [1.807, 2.05) is 0 Å². The molecule has 2 rings (SSSR count). The molecule has 0 radical (unpaired) electrons. The quantitative estimate of drug-likeness (QED) is 0.778. The lowest BCUT2D eigenvalue weighted by atomic mass is 10.00. The van der Waals surface area contributed by atoms with Gasteiger partial charge in [-0.1, -0.05) is 11.6 Å². The summed E-state index contributed by atoms with van der Waals surface area (Å²) in [4.78, 5) is 12.2. The lowest BCUT2D eigenvalue weighted by Crippen LogP contribution is -2.28. The molecule has 3 nitrogen and oxygen atoms in total. The van der Waals surface area contributed by atoms with Crippen molar-refractivity contribution in [1.29, 1.82) is 0 Å². The molecule has 0 bridgehead atoms. The molecule has 1 aliphatic heterocycles. The second-order valence-electron chi connectivity index (χ2n) is 4.07. The highest BCUT2D eigenvalue weighted by Crippen LogP contribution is 2.26. The van der Waals surface area contributed by atoms with E-state index >= 15 is 0 Å². The molecule has 1 heterocycles. The minimum atomic E-state index is -0.338. The summed E-state index contributed by atoms with van der Waals surface area (Å²) in [5, 5.41) is 0.420. The molecule has 1 aromatic carbocycles. The molecule has 0 aromatic heterocycles. The van der Waals surface area contributed by atoms with Crippen LogP contribution in [0.2, 0.25) is 5.02 Å². The first-order valence-corrected chi connectivity index (χ1v) is 6.09. The van der Waals surface area contributed by atoms with Gasteiger partial charge in [-0.05, 0) is 37.5 Å². The third-order valence-corrected chi connectivity index (χ3v) is 3.23. The van der Waals surface area contributed by atoms with Crippen molar-refractivity contribution in [2.24, 2.45) is 0 Å². The Morgan fingerprint density at radius 2 is 2.29 bits per heavy atom. The zero-order chi connectivity index (χ0) is 12.3. The van der Waals surface area contributed by atoms with E-state index in [-0.39, 0.29) is 11.9 Å². The molecule has 0 spiro atoms. The van der Waals surface area contributed by atoms with Gasteiger partial charge in [-0.15, -0.1) is 0 Å². The Morgan fingerprint density at radius 1 is 1.47 bits per heavy atom. The number of hydrogen-bond acceptors (Lipinski definition) is 3. The van der Waals surface area contributed by atoms with Gasteiger partial charge in [-0.3, -0.25) is 4.79 Å². The van der Waals surface area contributed by atoms with E-state index in [0.29, 0.717) is 22.9 Å². The van der Waals surface area contributed by atoms with Gasteiger partial charge in [-0.2, -0.15) is 0 Å². The molecule has 4 heteroatoms. The highest BCUT2D eigenvalue weighted by Gasteiger charge is 2.24. The van der Waals surface area contributed by atoms with Crippen LogP contribution in [-0.4, -0.2) is 25.6 Å². The average Bonchev–Trinajstić information content (AvgIpc) is 2.39. The molecule has 0 aliphatic carbocycles. The number of ketones is 1. The number of carbonyl (C=O) groups is 1. The molecular formula is C13H15ClO3. The molecule has 0 amide bonds. The minimum absolute atomic E-state index is 0.0302. The van der Waals surface area contributed by atoms with Gasteiger partial charge < -0.3 is 9.47 Å². The van der Waals surface area contributed by atoms with Gasteiger partial charge in [0, 0.05) is 12.2 Å². The van der Waals surface area contributed by atoms with Gasteiger partial charge in [0.15, 0.2) is 5.78 Å². The van der Waals surface area contributed by atoms with Crippen molar-refractivity contribution in [1.82, 2.24) is 0 Å². The number of methoxy groups -OCH3 is 1. The largest absolute Gasteiger partial charge is 0.497 e. The van der Waals surface area contributed by atoms with Gasteiger partial charge in [0.2, 0.25) is 0 Å². The first-order valence-electron chi connectivity index (χ1n) is 5.71. The Bertz CT molecular complexity index is 411. The fraction of sp³-hybridized carbons (Fsp3) is 0.462. The van der Waals surface area contributed by atoms with Crippen LogP contribution in [0.25, 0.3) is 0 Å². The highest BCUT2D eigenvalue weighted by atomic mass is 35.5. The number of rotatable bonds is 3. The van der Waals surface area contributed by atoms with Gasteiger partial charge in [0.25, 0.3) is 0 Å². The Morgan fingerprint density at radius 3 is 2.88 bits per heavy atom. The number of ether oxygens (including phenoxy) is 2. The second-order valence-corrected chi connectivity index (χ2v) is 4.47. The van der Waals surface area contributed by atoms with Crippen LogP contribution in [0.5, 0.6) is 5.75 Å². The number of Topliss-reactive ketones (excluding diaryl/α,β-unsaturated/α-hetero) is 1. The molecular weight excluding hydrogens is 240 g/mol. The standard InChI is InChI=1S/C13H15ClO3/c1-16-9-5-6-10(11(14)8-9)13(15)12-4-2-3-7-17-12/h5-6,8,12H,2-4,7H2,1H3. The van der Waals surface area contributed by atoms with E-state index in [2.05, 4.69) is 0 Å². The molecule has 92 valence electrons. The van der Waals surface area contributed by atoms with Crippen molar-refractivity contribution < 1.29 is 14.3 Å². The molecule has 17 heavy (non-hydrogen) atoms. The first kappa shape index (κ1) is 12.4. The lowest BCUT2D eigenvalue weighted by Gasteiger charge is -2.21. The van der Waals surface area contributed by atoms with Crippen LogP contribution in [0.15, 0.2) is 18.2 Å². The Hall–Kier alpha value is -1.06. The second kappa shape index (κ2) is 5.52. The van der Waals surface area contributed by atoms with Crippen LogP contribution in [0, 0.1) is 0 Å². The average molecular weight is 255 g/mol. The number of halogens is 1. The first-order chi connectivity index (χ1) is 8.22. The van der Waals surface area contributed by atoms with Crippen molar-refractivity contribution >= 4 is 17.4 Å². The SMILES string of the molecule is COc1ccc(C(=O)C2CCCCO2)c(Cl)c1. The number of hydrogen-bond donors (Lipinski definition) is 0. The Balaban J connectivity index is 2.18. The zero-order valence-electron chi connectivity index (χ0n) is 9.74. The molecule has 0 saturated carbocycles. The van der Waals surface area contributed by atoms with Crippen LogP contribution in [-0.2, 0) is 4.74 Å². The molecule has 1 aliphatic rings. The van der Waals surface area contributed by atoms with Crippen LogP contribution >= 0.6 is 11.6 Å². The lowest BCUT2D eigenvalue weighted by molar-refractivity contribution is 0.0186. The summed E-state index contributed by atoms with van der Waals surface area (Å²) in [6.07, 6.45) is 2.50. The molecule has 0 N–H and O–H groups in total. The van der Waals surface area contributed by atoms with Crippen molar-refractivity contribution in [3.8, 4) is 5.75 Å². The van der Waals surface area contributed by atoms with Crippen LogP contribution in [0.3, 0.4) is 0 Å². The van der Waals surface area contributed by atoms with Crippen molar-refractivity contribution in [2.45, 2.75) is 25.4 Å². The summed E-state index contributed by atoms with van der Waals surface area (Å²) >= 11 is 6.07.